The van der Waals surface area contributed by atoms with E-state index in [0.717, 1.165) is 4.88 Å². The molecule has 1 aromatic rings. The van der Waals surface area contributed by atoms with E-state index in [1.165, 1.54) is 11.3 Å². The van der Waals surface area contributed by atoms with Crippen molar-refractivity contribution in [3.05, 3.63) is 17.0 Å². The maximum absolute atomic E-state index is 12.3. The van der Waals surface area contributed by atoms with Crippen LogP contribution in [0, 0.1) is 12.8 Å². The van der Waals surface area contributed by atoms with Crippen LogP contribution in [0.25, 0.3) is 0 Å². The molecule has 1 saturated heterocycles. The number of carbonyl (C=O) groups excluding carboxylic acids is 1. The number of carbonyl (C=O) groups is 1. The van der Waals surface area contributed by atoms with Crippen molar-refractivity contribution >= 4 is 27.3 Å². The minimum Gasteiger partial charge on any atom is -0.343 e. The van der Waals surface area contributed by atoms with Crippen LogP contribution in [-0.4, -0.2) is 38.4 Å². The van der Waals surface area contributed by atoms with Gasteiger partial charge in [-0.05, 0) is 37.8 Å². The zero-order valence-electron chi connectivity index (χ0n) is 13.3. The van der Waals surface area contributed by atoms with E-state index in [4.69, 9.17) is 0 Å². The molecule has 0 aromatic carbocycles. The van der Waals surface area contributed by atoms with Crippen LogP contribution < -0.4 is 4.72 Å². The van der Waals surface area contributed by atoms with Crippen molar-refractivity contribution in [3.63, 3.8) is 0 Å². The van der Waals surface area contributed by atoms with E-state index < -0.39 is 10.0 Å². The summed E-state index contributed by atoms with van der Waals surface area (Å²) in [6.45, 7) is 7.20. The molecule has 7 heteroatoms. The summed E-state index contributed by atoms with van der Waals surface area (Å²) in [5, 5.41) is 0. The molecule has 0 spiro atoms. The Morgan fingerprint density at radius 2 is 2.00 bits per heavy atom. The summed E-state index contributed by atoms with van der Waals surface area (Å²) >= 11 is 1.28. The predicted molar refractivity (Wildman–Crippen MR) is 88.4 cm³/mol. The quantitative estimate of drug-likeness (QED) is 0.892. The normalized spacial score (nSPS) is 17.2. The standard InChI is InChI=1S/C15H24N2O3S2/c1-11(2)10-14(18)17-8-6-13(7-9-17)16-22(19,20)15-5-4-12(3)21-15/h4-5,11,13,16H,6-10H2,1-3H3. The van der Waals surface area contributed by atoms with Gasteiger partial charge in [0.2, 0.25) is 15.9 Å². The summed E-state index contributed by atoms with van der Waals surface area (Å²) in [5.41, 5.74) is 0. The highest BCUT2D eigenvalue weighted by Gasteiger charge is 2.27. The second kappa shape index (κ2) is 7.10. The van der Waals surface area contributed by atoms with E-state index in [2.05, 4.69) is 4.72 Å². The first-order chi connectivity index (χ1) is 10.3. The molecule has 1 N–H and O–H groups in total. The smallest absolute Gasteiger partial charge is 0.250 e. The maximum atomic E-state index is 12.3. The largest absolute Gasteiger partial charge is 0.343 e. The van der Waals surface area contributed by atoms with Crippen molar-refractivity contribution < 1.29 is 13.2 Å². The molecule has 0 atom stereocenters. The number of piperidine rings is 1. The van der Waals surface area contributed by atoms with Crippen LogP contribution in [0.15, 0.2) is 16.3 Å². The van der Waals surface area contributed by atoms with Crippen molar-refractivity contribution in [2.24, 2.45) is 5.92 Å². The summed E-state index contributed by atoms with van der Waals surface area (Å²) < 4.78 is 27.7. The van der Waals surface area contributed by atoms with Gasteiger partial charge >= 0.3 is 0 Å². The van der Waals surface area contributed by atoms with E-state index >= 15 is 0 Å². The Morgan fingerprint density at radius 3 is 2.50 bits per heavy atom. The van der Waals surface area contributed by atoms with E-state index in [0.29, 0.717) is 42.5 Å². The van der Waals surface area contributed by atoms with Crippen molar-refractivity contribution in [2.45, 2.75) is 50.3 Å². The molecular weight excluding hydrogens is 320 g/mol. The first kappa shape index (κ1) is 17.4. The molecule has 0 bridgehead atoms. The van der Waals surface area contributed by atoms with Crippen LogP contribution in [0.5, 0.6) is 0 Å². The second-order valence-electron chi connectivity index (χ2n) is 6.24. The van der Waals surface area contributed by atoms with Crippen molar-refractivity contribution in [3.8, 4) is 0 Å². The van der Waals surface area contributed by atoms with E-state index in [9.17, 15) is 13.2 Å². The van der Waals surface area contributed by atoms with Crippen molar-refractivity contribution in [2.75, 3.05) is 13.1 Å². The van der Waals surface area contributed by atoms with E-state index in [1.807, 2.05) is 31.7 Å². The SMILES string of the molecule is Cc1ccc(S(=O)(=O)NC2CCN(C(=O)CC(C)C)CC2)s1. The van der Waals surface area contributed by atoms with Crippen molar-refractivity contribution in [1.82, 2.24) is 9.62 Å². The molecule has 1 aromatic heterocycles. The molecule has 2 rings (SSSR count). The molecule has 5 nitrogen and oxygen atoms in total. The van der Waals surface area contributed by atoms with Gasteiger partial charge in [-0.15, -0.1) is 11.3 Å². The minimum atomic E-state index is -3.43. The first-order valence-corrected chi connectivity index (χ1v) is 9.94. The molecular formula is C15H24N2O3S2. The molecule has 0 saturated carbocycles. The third-order valence-corrected chi connectivity index (χ3v) is 6.75. The van der Waals surface area contributed by atoms with E-state index in [-0.39, 0.29) is 11.9 Å². The highest BCUT2D eigenvalue weighted by molar-refractivity contribution is 7.91. The lowest BCUT2D eigenvalue weighted by Crippen LogP contribution is -2.46. The average molecular weight is 345 g/mol. The molecule has 124 valence electrons. The van der Waals surface area contributed by atoms with Gasteiger partial charge in [-0.1, -0.05) is 13.8 Å². The Balaban J connectivity index is 1.88. The zero-order chi connectivity index (χ0) is 16.3. The summed E-state index contributed by atoms with van der Waals surface area (Å²) in [7, 11) is -3.43. The predicted octanol–water partition coefficient (Wildman–Crippen LogP) is 2.37. The number of rotatable bonds is 5. The monoisotopic (exact) mass is 344 g/mol. The lowest BCUT2D eigenvalue weighted by atomic mass is 10.0. The van der Waals surface area contributed by atoms with Crippen molar-refractivity contribution in [1.29, 1.82) is 0 Å². The summed E-state index contributed by atoms with van der Waals surface area (Å²) in [6, 6.07) is 3.37. The van der Waals surface area contributed by atoms with Crippen LogP contribution in [0.3, 0.4) is 0 Å². The highest BCUT2D eigenvalue weighted by Crippen LogP contribution is 2.22. The Hall–Kier alpha value is -0.920. The Kier molecular flexibility index (Phi) is 5.63. The number of hydrogen-bond donors (Lipinski definition) is 1. The fraction of sp³-hybridized carbons (Fsp3) is 0.667. The number of aryl methyl sites for hydroxylation is 1. The van der Waals surface area contributed by atoms with Gasteiger partial charge in [0.05, 0.1) is 0 Å². The lowest BCUT2D eigenvalue weighted by molar-refractivity contribution is -0.133. The first-order valence-electron chi connectivity index (χ1n) is 7.64. The van der Waals surface area contributed by atoms with Gasteiger partial charge in [0.15, 0.2) is 0 Å². The van der Waals surface area contributed by atoms with Crippen LogP contribution in [0.2, 0.25) is 0 Å². The maximum Gasteiger partial charge on any atom is 0.250 e. The van der Waals surface area contributed by atoms with Gasteiger partial charge in [-0.25, -0.2) is 13.1 Å². The molecule has 1 fully saturated rings. The topological polar surface area (TPSA) is 66.5 Å². The Bertz CT molecular complexity index is 614. The molecule has 2 heterocycles. The summed E-state index contributed by atoms with van der Waals surface area (Å²) in [5.74, 6) is 0.524. The summed E-state index contributed by atoms with van der Waals surface area (Å²) in [6.07, 6.45) is 1.91. The zero-order valence-corrected chi connectivity index (χ0v) is 15.0. The second-order valence-corrected chi connectivity index (χ2v) is 9.47. The fourth-order valence-electron chi connectivity index (χ4n) is 2.56. The molecule has 0 radical (unpaired) electrons. The number of nitrogens with one attached hydrogen (secondary N) is 1. The number of likely N-dealkylation sites (tertiary alicyclic amines) is 1. The van der Waals surface area contributed by atoms with Gasteiger partial charge in [-0.2, -0.15) is 0 Å². The summed E-state index contributed by atoms with van der Waals surface area (Å²) in [4.78, 5) is 14.8. The third-order valence-electron chi connectivity index (χ3n) is 3.73. The average Bonchev–Trinajstić information content (AvgIpc) is 2.86. The molecule has 22 heavy (non-hydrogen) atoms. The van der Waals surface area contributed by atoms with Gasteiger partial charge in [-0.3, -0.25) is 4.79 Å². The number of sulfonamides is 1. The number of nitrogens with zero attached hydrogens (tertiary/aromatic N) is 1. The van der Waals surface area contributed by atoms with Crippen LogP contribution in [-0.2, 0) is 14.8 Å². The molecule has 0 unspecified atom stereocenters. The third kappa shape index (κ3) is 4.54. The Labute approximate surface area is 136 Å². The minimum absolute atomic E-state index is 0.0875. The molecule has 0 aliphatic carbocycles. The molecule has 1 aliphatic heterocycles. The van der Waals surface area contributed by atoms with Crippen LogP contribution in [0.4, 0.5) is 0 Å². The lowest BCUT2D eigenvalue weighted by Gasteiger charge is -2.32. The van der Waals surface area contributed by atoms with Gasteiger partial charge in [0, 0.05) is 30.4 Å². The van der Waals surface area contributed by atoms with Crippen LogP contribution in [0.1, 0.15) is 38.0 Å². The van der Waals surface area contributed by atoms with Gasteiger partial charge < -0.3 is 4.90 Å². The molecule has 1 amide bonds. The number of thiophene rings is 1. The number of amides is 1. The highest BCUT2D eigenvalue weighted by atomic mass is 32.2. The molecule has 1 aliphatic rings. The van der Waals surface area contributed by atoms with Gasteiger partial charge in [0.1, 0.15) is 4.21 Å². The fourth-order valence-corrected chi connectivity index (χ4v) is 5.16. The van der Waals surface area contributed by atoms with Crippen LogP contribution >= 0.6 is 11.3 Å². The number of hydrogen-bond acceptors (Lipinski definition) is 4. The Morgan fingerprint density at radius 1 is 1.36 bits per heavy atom. The van der Waals surface area contributed by atoms with Gasteiger partial charge in [0.25, 0.3) is 0 Å². The van der Waals surface area contributed by atoms with E-state index in [1.54, 1.807) is 6.07 Å².